The lowest BCUT2D eigenvalue weighted by molar-refractivity contribution is -0.138. The second-order valence-electron chi connectivity index (χ2n) is 2.85. The molecule has 0 amide bonds. The van der Waals surface area contributed by atoms with E-state index >= 15 is 0 Å². The summed E-state index contributed by atoms with van der Waals surface area (Å²) in [7, 11) is 0. The lowest BCUT2D eigenvalue weighted by Crippen LogP contribution is -2.30. The Bertz CT molecular complexity index is 156. The molecule has 92 valence electrons. The number of nitrogens with two attached hydrogens (primary N) is 2. The fraction of sp³-hybridized carbons (Fsp3) is 0.875. The fourth-order valence-electron chi connectivity index (χ4n) is 0.426. The van der Waals surface area contributed by atoms with Crippen molar-refractivity contribution in [3.8, 4) is 0 Å². The minimum absolute atomic E-state index is 0.142. The first-order chi connectivity index (χ1) is 6.99. The summed E-state index contributed by atoms with van der Waals surface area (Å²) in [5, 5.41) is 24.4. The van der Waals surface area contributed by atoms with Gasteiger partial charge in [0.05, 0.1) is 19.3 Å². The lowest BCUT2D eigenvalue weighted by atomic mass is 10.2. The molecule has 0 aromatic rings. The van der Waals surface area contributed by atoms with Crippen LogP contribution in [0.15, 0.2) is 0 Å². The average Bonchev–Trinajstić information content (AvgIpc) is 2.25. The Kier molecular flexibility index (Phi) is 13.4. The zero-order chi connectivity index (χ0) is 12.3. The van der Waals surface area contributed by atoms with Gasteiger partial charge in [-0.15, -0.1) is 0 Å². The van der Waals surface area contributed by atoms with Crippen molar-refractivity contribution in [2.24, 2.45) is 11.5 Å². The van der Waals surface area contributed by atoms with Crippen molar-refractivity contribution in [1.82, 2.24) is 0 Å². The summed E-state index contributed by atoms with van der Waals surface area (Å²) in [6, 6.07) is -1.14. The molecule has 0 fully saturated rings. The van der Waals surface area contributed by atoms with Gasteiger partial charge in [-0.25, -0.2) is 0 Å². The van der Waals surface area contributed by atoms with Crippen LogP contribution < -0.4 is 11.5 Å². The molecular weight excluding hydrogens is 220 g/mol. The summed E-state index contributed by atoms with van der Waals surface area (Å²) in [6.07, 6.45) is 2.48. The van der Waals surface area contributed by atoms with Crippen molar-refractivity contribution in [2.75, 3.05) is 25.2 Å². The Hall–Kier alpha value is -0.340. The summed E-state index contributed by atoms with van der Waals surface area (Å²) in [5.41, 5.74) is 10.2. The number of carboxylic acid groups (broad SMARTS) is 1. The van der Waals surface area contributed by atoms with Crippen LogP contribution in [0.2, 0.25) is 0 Å². The molecule has 0 rings (SSSR count). The molecule has 7 heteroatoms. The van der Waals surface area contributed by atoms with Gasteiger partial charge >= 0.3 is 5.97 Å². The highest BCUT2D eigenvalue weighted by molar-refractivity contribution is 7.98. The lowest BCUT2D eigenvalue weighted by Gasteiger charge is -2.02. The van der Waals surface area contributed by atoms with Crippen molar-refractivity contribution in [1.29, 1.82) is 0 Å². The monoisotopic (exact) mass is 240 g/mol. The van der Waals surface area contributed by atoms with Crippen molar-refractivity contribution < 1.29 is 20.1 Å². The Morgan fingerprint density at radius 3 is 2.00 bits per heavy atom. The predicted molar refractivity (Wildman–Crippen MR) is 60.8 cm³/mol. The Balaban J connectivity index is 0. The van der Waals surface area contributed by atoms with Crippen molar-refractivity contribution in [2.45, 2.75) is 18.5 Å². The highest BCUT2D eigenvalue weighted by atomic mass is 32.2. The number of aliphatic hydroxyl groups excluding tert-OH is 2. The normalized spacial score (nSPS) is 11.9. The van der Waals surface area contributed by atoms with Crippen LogP contribution in [0, 0.1) is 0 Å². The number of rotatable bonds is 6. The average molecular weight is 240 g/mol. The molecule has 0 aromatic heterocycles. The van der Waals surface area contributed by atoms with Crippen LogP contribution in [0.5, 0.6) is 0 Å². The molecule has 0 aromatic carbocycles. The van der Waals surface area contributed by atoms with Crippen LogP contribution in [-0.2, 0) is 4.79 Å². The maximum absolute atomic E-state index is 10.1. The molecule has 0 radical (unpaired) electrons. The van der Waals surface area contributed by atoms with E-state index in [2.05, 4.69) is 0 Å². The SMILES string of the molecule is CSCC[C@H](N)C(=O)O.NC(CO)CO. The molecule has 0 saturated carbocycles. The van der Waals surface area contributed by atoms with Gasteiger partial charge in [0.25, 0.3) is 0 Å². The molecule has 0 bridgehead atoms. The molecule has 0 aliphatic rings. The van der Waals surface area contributed by atoms with E-state index in [9.17, 15) is 4.79 Å². The van der Waals surface area contributed by atoms with Crippen LogP contribution >= 0.6 is 11.8 Å². The van der Waals surface area contributed by atoms with Gasteiger partial charge in [-0.1, -0.05) is 0 Å². The van der Waals surface area contributed by atoms with E-state index in [1.165, 1.54) is 0 Å². The third-order valence-corrected chi connectivity index (χ3v) is 2.06. The predicted octanol–water partition coefficient (Wildman–Crippen LogP) is -1.55. The van der Waals surface area contributed by atoms with Crippen molar-refractivity contribution >= 4 is 17.7 Å². The minimum Gasteiger partial charge on any atom is -0.480 e. The summed E-state index contributed by atoms with van der Waals surface area (Å²) in [5.74, 6) is -0.1000. The standard InChI is InChI=1S/C5H11NO2S.C3H9NO2/c1-9-3-2-4(6)5(7)8;4-3(1-5)2-6/h4H,2-3,6H2,1H3,(H,7,8);3,5-6H,1-2,4H2/t4-;/m0./s1. The van der Waals surface area contributed by atoms with E-state index < -0.39 is 18.1 Å². The van der Waals surface area contributed by atoms with E-state index in [1.807, 2.05) is 6.26 Å². The van der Waals surface area contributed by atoms with Gasteiger partial charge in [-0.3, -0.25) is 4.79 Å². The number of aliphatic carboxylic acids is 1. The number of hydrogen-bond acceptors (Lipinski definition) is 6. The summed E-state index contributed by atoms with van der Waals surface area (Å²) in [6.45, 7) is -0.285. The third-order valence-electron chi connectivity index (χ3n) is 1.42. The van der Waals surface area contributed by atoms with E-state index in [0.29, 0.717) is 6.42 Å². The first kappa shape index (κ1) is 17.1. The highest BCUT2D eigenvalue weighted by Crippen LogP contribution is 1.97. The molecule has 0 spiro atoms. The van der Waals surface area contributed by atoms with Gasteiger partial charge < -0.3 is 26.8 Å². The molecule has 7 N–H and O–H groups in total. The first-order valence-corrected chi connectivity index (χ1v) is 5.83. The van der Waals surface area contributed by atoms with E-state index in [1.54, 1.807) is 11.8 Å². The first-order valence-electron chi connectivity index (χ1n) is 4.44. The number of thioether (sulfide) groups is 1. The third kappa shape index (κ3) is 13.7. The Morgan fingerprint density at radius 2 is 1.80 bits per heavy atom. The van der Waals surface area contributed by atoms with Gasteiger partial charge in [-0.2, -0.15) is 11.8 Å². The van der Waals surface area contributed by atoms with Gasteiger partial charge in [-0.05, 0) is 18.4 Å². The fourth-order valence-corrected chi connectivity index (χ4v) is 0.916. The van der Waals surface area contributed by atoms with Gasteiger partial charge in [0.1, 0.15) is 6.04 Å². The Labute approximate surface area is 93.6 Å². The molecule has 0 saturated heterocycles. The van der Waals surface area contributed by atoms with Crippen LogP contribution in [0.25, 0.3) is 0 Å². The van der Waals surface area contributed by atoms with Gasteiger partial charge in [0.2, 0.25) is 0 Å². The molecule has 0 unspecified atom stereocenters. The zero-order valence-corrected chi connectivity index (χ0v) is 9.61. The van der Waals surface area contributed by atoms with Crippen LogP contribution in [0.3, 0.4) is 0 Å². The minimum atomic E-state index is -0.913. The second-order valence-corrected chi connectivity index (χ2v) is 3.84. The topological polar surface area (TPSA) is 130 Å². The Morgan fingerprint density at radius 1 is 1.33 bits per heavy atom. The second kappa shape index (κ2) is 11.7. The summed E-state index contributed by atoms with van der Waals surface area (Å²) in [4.78, 5) is 10.1. The maximum atomic E-state index is 10.1. The molecule has 1 atom stereocenters. The van der Waals surface area contributed by atoms with Crippen LogP contribution in [0.4, 0.5) is 0 Å². The van der Waals surface area contributed by atoms with Crippen molar-refractivity contribution in [3.63, 3.8) is 0 Å². The van der Waals surface area contributed by atoms with Crippen LogP contribution in [-0.4, -0.2) is 58.6 Å². The summed E-state index contributed by atoms with van der Waals surface area (Å²) >= 11 is 1.60. The van der Waals surface area contributed by atoms with E-state index in [-0.39, 0.29) is 13.2 Å². The maximum Gasteiger partial charge on any atom is 0.320 e. The van der Waals surface area contributed by atoms with Crippen LogP contribution in [0.1, 0.15) is 6.42 Å². The number of hydrogen-bond donors (Lipinski definition) is 5. The number of carbonyl (C=O) groups is 1. The molecular formula is C8H20N2O4S. The van der Waals surface area contributed by atoms with Crippen molar-refractivity contribution in [3.05, 3.63) is 0 Å². The molecule has 0 heterocycles. The highest BCUT2D eigenvalue weighted by Gasteiger charge is 2.08. The summed E-state index contributed by atoms with van der Waals surface area (Å²) < 4.78 is 0. The molecule has 0 aliphatic heterocycles. The van der Waals surface area contributed by atoms with Gasteiger partial charge in [0, 0.05) is 0 Å². The largest absolute Gasteiger partial charge is 0.480 e. The molecule has 0 aliphatic carbocycles. The van der Waals surface area contributed by atoms with E-state index in [0.717, 1.165) is 5.75 Å². The number of aliphatic hydroxyl groups is 2. The van der Waals surface area contributed by atoms with Gasteiger partial charge in [0.15, 0.2) is 0 Å². The number of carboxylic acids is 1. The van der Waals surface area contributed by atoms with E-state index in [4.69, 9.17) is 26.8 Å². The quantitative estimate of drug-likeness (QED) is 0.380. The molecule has 15 heavy (non-hydrogen) atoms. The zero-order valence-electron chi connectivity index (χ0n) is 8.80. The smallest absolute Gasteiger partial charge is 0.320 e. The molecule has 6 nitrogen and oxygen atoms in total.